The normalized spacial score (nSPS) is 12.8. The van der Waals surface area contributed by atoms with Gasteiger partial charge in [0, 0.05) is 41.8 Å². The van der Waals surface area contributed by atoms with Gasteiger partial charge in [0.25, 0.3) is 0 Å². The van der Waals surface area contributed by atoms with E-state index < -0.39 is 29.3 Å². The molecule has 1 aliphatic rings. The SMILES string of the molecule is COc1cccc([C@@H](C(=O)NC(C)(C)C)N(C(=O)CCC(=O)Nc2cc(C)on2)c2ccc3c(c2)OCO3)c1OC. The highest BCUT2D eigenvalue weighted by Crippen LogP contribution is 2.42. The van der Waals surface area contributed by atoms with E-state index in [1.807, 2.05) is 20.8 Å². The number of nitrogens with zero attached hydrogens (tertiary/aromatic N) is 2. The highest BCUT2D eigenvalue weighted by molar-refractivity contribution is 6.03. The number of nitrogens with one attached hydrogen (secondary N) is 2. The van der Waals surface area contributed by atoms with Crippen molar-refractivity contribution in [1.29, 1.82) is 0 Å². The molecule has 0 fully saturated rings. The van der Waals surface area contributed by atoms with Crippen LogP contribution in [0.5, 0.6) is 23.0 Å². The molecule has 12 heteroatoms. The maximum Gasteiger partial charge on any atom is 0.248 e. The molecular formula is C29H34N4O8. The number of fused-ring (bicyclic) bond motifs is 1. The third-order valence-electron chi connectivity index (χ3n) is 6.10. The molecule has 2 heterocycles. The summed E-state index contributed by atoms with van der Waals surface area (Å²) < 4.78 is 27.1. The fraction of sp³-hybridized carbons (Fsp3) is 0.379. The van der Waals surface area contributed by atoms with E-state index in [0.29, 0.717) is 40.0 Å². The van der Waals surface area contributed by atoms with Crippen molar-refractivity contribution in [3.63, 3.8) is 0 Å². The molecule has 2 N–H and O–H groups in total. The zero-order valence-electron chi connectivity index (χ0n) is 23.9. The number of methoxy groups -OCH3 is 2. The number of anilines is 2. The Kier molecular flexibility index (Phi) is 8.70. The lowest BCUT2D eigenvalue weighted by atomic mass is 9.98. The monoisotopic (exact) mass is 566 g/mol. The summed E-state index contributed by atoms with van der Waals surface area (Å²) in [6.07, 6.45) is -0.392. The number of benzene rings is 2. The van der Waals surface area contributed by atoms with Gasteiger partial charge in [0.15, 0.2) is 28.8 Å². The first-order valence-electron chi connectivity index (χ1n) is 13.0. The minimum atomic E-state index is -1.20. The highest BCUT2D eigenvalue weighted by Gasteiger charge is 2.37. The van der Waals surface area contributed by atoms with Crippen LogP contribution in [0.3, 0.4) is 0 Å². The van der Waals surface area contributed by atoms with Crippen LogP contribution in [-0.2, 0) is 14.4 Å². The summed E-state index contributed by atoms with van der Waals surface area (Å²) in [5, 5.41) is 9.35. The lowest BCUT2D eigenvalue weighted by Gasteiger charge is -2.34. The maximum atomic E-state index is 14.0. The van der Waals surface area contributed by atoms with Gasteiger partial charge in [-0.25, -0.2) is 0 Å². The second-order valence-corrected chi connectivity index (χ2v) is 10.4. The Hall–Kier alpha value is -4.74. The molecule has 0 unspecified atom stereocenters. The van der Waals surface area contributed by atoms with Crippen LogP contribution in [0.2, 0.25) is 0 Å². The van der Waals surface area contributed by atoms with Crippen LogP contribution in [0, 0.1) is 6.92 Å². The number of aryl methyl sites for hydroxylation is 1. The molecule has 0 bridgehead atoms. The van der Waals surface area contributed by atoms with Crippen LogP contribution < -0.4 is 34.5 Å². The standard InChI is InChI=1S/C29H34N4O8/c1-17-14-23(32-41-17)30-24(34)12-13-25(35)33(18-10-11-20-22(15-18)40-16-39-20)26(28(36)31-29(2,3)4)19-8-7-9-21(37-5)27(19)38-6/h7-11,14-15,26H,12-13,16H2,1-6H3,(H,31,36)(H,30,32,34)/t26-/m0/s1. The van der Waals surface area contributed by atoms with Crippen molar-refractivity contribution >= 4 is 29.2 Å². The summed E-state index contributed by atoms with van der Waals surface area (Å²) in [7, 11) is 2.95. The fourth-order valence-corrected chi connectivity index (χ4v) is 4.41. The van der Waals surface area contributed by atoms with Gasteiger partial charge in [-0.3, -0.25) is 19.3 Å². The first kappa shape index (κ1) is 29.2. The summed E-state index contributed by atoms with van der Waals surface area (Å²) in [5.74, 6) is 1.01. The zero-order chi connectivity index (χ0) is 29.7. The van der Waals surface area contributed by atoms with Crippen LogP contribution in [-0.4, -0.2) is 49.4 Å². The molecule has 3 aromatic rings. The molecule has 1 aliphatic heterocycles. The number of para-hydroxylation sites is 1. The molecule has 4 rings (SSSR count). The van der Waals surface area contributed by atoms with E-state index in [4.69, 9.17) is 23.5 Å². The molecule has 1 atom stereocenters. The van der Waals surface area contributed by atoms with Gasteiger partial charge in [0.1, 0.15) is 11.8 Å². The van der Waals surface area contributed by atoms with E-state index >= 15 is 0 Å². The summed E-state index contributed by atoms with van der Waals surface area (Å²) in [4.78, 5) is 42.0. The molecule has 0 aliphatic carbocycles. The van der Waals surface area contributed by atoms with Crippen molar-refractivity contribution in [3.05, 3.63) is 53.8 Å². The van der Waals surface area contributed by atoms with Gasteiger partial charge in [-0.15, -0.1) is 0 Å². The smallest absolute Gasteiger partial charge is 0.248 e. The van der Waals surface area contributed by atoms with Crippen LogP contribution in [0.15, 0.2) is 47.0 Å². The molecule has 12 nitrogen and oxygen atoms in total. The number of rotatable bonds is 10. The molecule has 3 amide bonds. The predicted octanol–water partition coefficient (Wildman–Crippen LogP) is 4.14. The van der Waals surface area contributed by atoms with Gasteiger partial charge in [-0.2, -0.15) is 0 Å². The Bertz CT molecular complexity index is 1430. The predicted molar refractivity (Wildman–Crippen MR) is 149 cm³/mol. The van der Waals surface area contributed by atoms with Crippen molar-refractivity contribution in [2.45, 2.75) is 52.1 Å². The first-order valence-corrected chi connectivity index (χ1v) is 13.0. The van der Waals surface area contributed by atoms with Crippen LogP contribution >= 0.6 is 0 Å². The van der Waals surface area contributed by atoms with E-state index in [9.17, 15) is 14.4 Å². The number of hydrogen-bond acceptors (Lipinski definition) is 9. The number of carbonyl (C=O) groups excluding carboxylic acids is 3. The Morgan fingerprint density at radius 1 is 1.02 bits per heavy atom. The number of amides is 3. The van der Waals surface area contributed by atoms with Crippen molar-refractivity contribution in [2.24, 2.45) is 0 Å². The fourth-order valence-electron chi connectivity index (χ4n) is 4.41. The van der Waals surface area contributed by atoms with Gasteiger partial charge >= 0.3 is 0 Å². The number of aromatic nitrogens is 1. The van der Waals surface area contributed by atoms with E-state index in [0.717, 1.165) is 0 Å². The van der Waals surface area contributed by atoms with Crippen LogP contribution in [0.25, 0.3) is 0 Å². The Labute approximate surface area is 237 Å². The second-order valence-electron chi connectivity index (χ2n) is 10.4. The highest BCUT2D eigenvalue weighted by atomic mass is 16.7. The lowest BCUT2D eigenvalue weighted by molar-refractivity contribution is -0.128. The Morgan fingerprint density at radius 2 is 1.78 bits per heavy atom. The van der Waals surface area contributed by atoms with E-state index in [2.05, 4.69) is 15.8 Å². The number of carbonyl (C=O) groups is 3. The van der Waals surface area contributed by atoms with Gasteiger partial charge in [-0.05, 0) is 45.9 Å². The summed E-state index contributed by atoms with van der Waals surface area (Å²) in [6.45, 7) is 7.26. The Balaban J connectivity index is 1.76. The summed E-state index contributed by atoms with van der Waals surface area (Å²) in [5.41, 5.74) is 0.133. The van der Waals surface area contributed by atoms with Crippen LogP contribution in [0.4, 0.5) is 11.5 Å². The summed E-state index contributed by atoms with van der Waals surface area (Å²) in [6, 6.07) is 10.4. The minimum absolute atomic E-state index is 0.0338. The van der Waals surface area contributed by atoms with E-state index in [-0.39, 0.29) is 25.5 Å². The third kappa shape index (κ3) is 6.89. The molecular weight excluding hydrogens is 532 g/mol. The van der Waals surface area contributed by atoms with Gasteiger partial charge in [0.05, 0.1) is 14.2 Å². The van der Waals surface area contributed by atoms with E-state index in [1.165, 1.54) is 19.1 Å². The lowest BCUT2D eigenvalue weighted by Crippen LogP contribution is -2.49. The zero-order valence-corrected chi connectivity index (χ0v) is 23.9. The molecule has 0 saturated carbocycles. The average Bonchev–Trinajstić information content (AvgIpc) is 3.56. The largest absolute Gasteiger partial charge is 0.493 e. The van der Waals surface area contributed by atoms with Crippen molar-refractivity contribution in [2.75, 3.05) is 31.2 Å². The molecule has 0 saturated heterocycles. The summed E-state index contributed by atoms with van der Waals surface area (Å²) >= 11 is 0. The molecule has 41 heavy (non-hydrogen) atoms. The minimum Gasteiger partial charge on any atom is -0.493 e. The topological polar surface area (TPSA) is 141 Å². The second kappa shape index (κ2) is 12.2. The Morgan fingerprint density at radius 3 is 2.44 bits per heavy atom. The molecule has 2 aromatic carbocycles. The average molecular weight is 567 g/mol. The number of ether oxygens (including phenoxy) is 4. The van der Waals surface area contributed by atoms with Crippen LogP contribution in [0.1, 0.15) is 51.0 Å². The molecule has 0 spiro atoms. The van der Waals surface area contributed by atoms with Gasteiger partial charge in [-0.1, -0.05) is 17.3 Å². The van der Waals surface area contributed by atoms with Gasteiger partial charge in [0.2, 0.25) is 24.5 Å². The van der Waals surface area contributed by atoms with Gasteiger partial charge < -0.3 is 34.1 Å². The molecule has 0 radical (unpaired) electrons. The third-order valence-corrected chi connectivity index (χ3v) is 6.10. The number of hydrogen-bond donors (Lipinski definition) is 2. The maximum absolute atomic E-state index is 14.0. The molecule has 1 aromatic heterocycles. The van der Waals surface area contributed by atoms with Crippen molar-refractivity contribution in [3.8, 4) is 23.0 Å². The van der Waals surface area contributed by atoms with Crippen molar-refractivity contribution in [1.82, 2.24) is 10.5 Å². The quantitative estimate of drug-likeness (QED) is 0.370. The van der Waals surface area contributed by atoms with E-state index in [1.54, 1.807) is 49.4 Å². The molecule has 218 valence electrons. The first-order chi connectivity index (χ1) is 19.5. The van der Waals surface area contributed by atoms with Crippen molar-refractivity contribution < 1.29 is 37.9 Å².